The third kappa shape index (κ3) is 2.48. The summed E-state index contributed by atoms with van der Waals surface area (Å²) >= 11 is 0. The highest BCUT2D eigenvalue weighted by molar-refractivity contribution is 5.98. The van der Waals surface area contributed by atoms with E-state index < -0.39 is 0 Å². The molecule has 0 aromatic carbocycles. The maximum Gasteiger partial charge on any atom is 0.169 e. The summed E-state index contributed by atoms with van der Waals surface area (Å²) in [5.74, 6) is 1.62. The van der Waals surface area contributed by atoms with Crippen LogP contribution in [0.15, 0.2) is 41.1 Å². The van der Waals surface area contributed by atoms with Gasteiger partial charge in [0.05, 0.1) is 5.56 Å². The monoisotopic (exact) mass is 296 g/mol. The summed E-state index contributed by atoms with van der Waals surface area (Å²) < 4.78 is 5.58. The number of Topliss-reactive ketones (excluding diaryl/α,β-unsaturated/α-hetero) is 1. The summed E-state index contributed by atoms with van der Waals surface area (Å²) in [5, 5.41) is 0. The van der Waals surface area contributed by atoms with E-state index in [9.17, 15) is 4.79 Å². The third-order valence-corrected chi connectivity index (χ3v) is 5.10. The average molecular weight is 296 g/mol. The van der Waals surface area contributed by atoms with Crippen LogP contribution in [0.4, 0.5) is 0 Å². The molecule has 22 heavy (non-hydrogen) atoms. The van der Waals surface area contributed by atoms with Gasteiger partial charge in [0.25, 0.3) is 0 Å². The van der Waals surface area contributed by atoms with Gasteiger partial charge in [-0.2, -0.15) is 0 Å². The topological polar surface area (TPSA) is 46.3 Å². The Morgan fingerprint density at radius 2 is 2.00 bits per heavy atom. The molecule has 4 nitrogen and oxygen atoms in total. The lowest BCUT2D eigenvalue weighted by molar-refractivity contribution is 0.0859. The first-order chi connectivity index (χ1) is 10.8. The molecule has 1 unspecified atom stereocenters. The second-order valence-corrected chi connectivity index (χ2v) is 6.35. The van der Waals surface area contributed by atoms with Gasteiger partial charge in [0, 0.05) is 12.1 Å². The van der Waals surface area contributed by atoms with E-state index in [1.807, 2.05) is 24.3 Å². The zero-order valence-corrected chi connectivity index (χ0v) is 12.6. The van der Waals surface area contributed by atoms with E-state index in [1.54, 1.807) is 12.5 Å². The summed E-state index contributed by atoms with van der Waals surface area (Å²) in [6, 6.07) is 7.54. The molecule has 4 heteroatoms. The molecule has 3 aliphatic heterocycles. The number of hydrogen-bond acceptors (Lipinski definition) is 4. The van der Waals surface area contributed by atoms with E-state index in [-0.39, 0.29) is 11.7 Å². The minimum atomic E-state index is 0.154. The Morgan fingerprint density at radius 3 is 2.77 bits per heavy atom. The standard InChI is InChI=1S/C18H20N2O2/c21-18(15-6-10-20-8-4-13(15)5-9-20)14-11-17(22-12-14)16-3-1-2-7-19-16/h1-3,7,11-13,15H,4-6,8-10H2. The van der Waals surface area contributed by atoms with Crippen molar-refractivity contribution in [1.29, 1.82) is 0 Å². The first-order valence-electron chi connectivity index (χ1n) is 8.08. The summed E-state index contributed by atoms with van der Waals surface area (Å²) in [6.45, 7) is 3.36. The van der Waals surface area contributed by atoms with Gasteiger partial charge in [-0.3, -0.25) is 9.78 Å². The van der Waals surface area contributed by atoms with Crippen LogP contribution in [0.2, 0.25) is 0 Å². The molecule has 114 valence electrons. The van der Waals surface area contributed by atoms with Crippen molar-refractivity contribution in [3.05, 3.63) is 42.3 Å². The summed E-state index contributed by atoms with van der Waals surface area (Å²) in [7, 11) is 0. The smallest absolute Gasteiger partial charge is 0.169 e. The molecular formula is C18H20N2O2. The van der Waals surface area contributed by atoms with Crippen molar-refractivity contribution < 1.29 is 9.21 Å². The van der Waals surface area contributed by atoms with Gasteiger partial charge >= 0.3 is 0 Å². The van der Waals surface area contributed by atoms with E-state index in [1.165, 1.54) is 0 Å². The van der Waals surface area contributed by atoms with E-state index >= 15 is 0 Å². The lowest BCUT2D eigenvalue weighted by Gasteiger charge is -2.28. The second-order valence-electron chi connectivity index (χ2n) is 6.35. The Balaban J connectivity index is 1.57. The van der Waals surface area contributed by atoms with Crippen LogP contribution >= 0.6 is 0 Å². The van der Waals surface area contributed by atoms with Gasteiger partial charge in [0.1, 0.15) is 12.0 Å². The normalized spacial score (nSPS) is 27.5. The number of ketones is 1. The molecule has 3 saturated heterocycles. The van der Waals surface area contributed by atoms with Crippen LogP contribution in [0.1, 0.15) is 29.6 Å². The molecular weight excluding hydrogens is 276 g/mol. The molecule has 3 fully saturated rings. The Kier molecular flexibility index (Phi) is 3.54. The lowest BCUT2D eigenvalue weighted by atomic mass is 9.80. The van der Waals surface area contributed by atoms with E-state index in [0.29, 0.717) is 17.2 Å². The number of carbonyl (C=O) groups excluding carboxylic acids is 1. The highest BCUT2D eigenvalue weighted by Crippen LogP contribution is 2.34. The molecule has 2 aromatic heterocycles. The number of pyridine rings is 1. The maximum atomic E-state index is 12.9. The van der Waals surface area contributed by atoms with Crippen molar-refractivity contribution in [3.8, 4) is 11.5 Å². The second kappa shape index (κ2) is 5.69. The number of rotatable bonds is 3. The van der Waals surface area contributed by atoms with Gasteiger partial charge in [-0.15, -0.1) is 0 Å². The Hall–Kier alpha value is -1.94. The predicted molar refractivity (Wildman–Crippen MR) is 83.5 cm³/mol. The van der Waals surface area contributed by atoms with Crippen LogP contribution in [0.25, 0.3) is 11.5 Å². The number of fused-ring (bicyclic) bond motifs is 4. The molecule has 5 heterocycles. The predicted octanol–water partition coefficient (Wildman–Crippen LogP) is 3.26. The van der Waals surface area contributed by atoms with Crippen molar-refractivity contribution in [3.63, 3.8) is 0 Å². The zero-order valence-electron chi connectivity index (χ0n) is 12.6. The van der Waals surface area contributed by atoms with Crippen molar-refractivity contribution in [2.45, 2.75) is 19.3 Å². The first kappa shape index (κ1) is 13.7. The largest absolute Gasteiger partial charge is 0.462 e. The number of carbonyl (C=O) groups is 1. The highest BCUT2D eigenvalue weighted by atomic mass is 16.3. The fourth-order valence-corrected chi connectivity index (χ4v) is 3.80. The molecule has 0 amide bonds. The van der Waals surface area contributed by atoms with Crippen molar-refractivity contribution >= 4 is 5.78 Å². The van der Waals surface area contributed by atoms with Crippen LogP contribution in [0.3, 0.4) is 0 Å². The molecule has 0 N–H and O–H groups in total. The molecule has 0 aliphatic carbocycles. The molecule has 3 aliphatic rings. The quantitative estimate of drug-likeness (QED) is 0.816. The molecule has 2 bridgehead atoms. The number of furan rings is 1. The number of aromatic nitrogens is 1. The molecule has 2 aromatic rings. The third-order valence-electron chi connectivity index (χ3n) is 5.10. The van der Waals surface area contributed by atoms with Crippen LogP contribution in [-0.2, 0) is 0 Å². The Morgan fingerprint density at radius 1 is 1.18 bits per heavy atom. The SMILES string of the molecule is O=C(c1coc(-c2ccccn2)c1)C1CCN2CCC1CC2. The van der Waals surface area contributed by atoms with Gasteiger partial charge in [0.2, 0.25) is 0 Å². The van der Waals surface area contributed by atoms with Gasteiger partial charge < -0.3 is 9.32 Å². The number of piperidine rings is 1. The summed E-state index contributed by atoms with van der Waals surface area (Å²) in [5.41, 5.74) is 1.47. The minimum Gasteiger partial charge on any atom is -0.462 e. The summed E-state index contributed by atoms with van der Waals surface area (Å²) in [6.07, 6.45) is 6.62. The first-order valence-corrected chi connectivity index (χ1v) is 8.08. The fourth-order valence-electron chi connectivity index (χ4n) is 3.80. The van der Waals surface area contributed by atoms with E-state index in [0.717, 1.165) is 44.6 Å². The van der Waals surface area contributed by atoms with Crippen LogP contribution in [-0.4, -0.2) is 35.3 Å². The van der Waals surface area contributed by atoms with Gasteiger partial charge in [-0.1, -0.05) is 6.07 Å². The maximum absolute atomic E-state index is 12.9. The molecule has 5 rings (SSSR count). The lowest BCUT2D eigenvalue weighted by Crippen LogP contribution is -2.31. The van der Waals surface area contributed by atoms with Crippen LogP contribution < -0.4 is 0 Å². The Labute approximate surface area is 130 Å². The zero-order chi connectivity index (χ0) is 14.9. The van der Waals surface area contributed by atoms with Crippen LogP contribution in [0, 0.1) is 11.8 Å². The molecule has 0 radical (unpaired) electrons. The van der Waals surface area contributed by atoms with Crippen molar-refractivity contribution in [2.75, 3.05) is 19.6 Å². The highest BCUT2D eigenvalue weighted by Gasteiger charge is 2.35. The molecule has 1 atom stereocenters. The van der Waals surface area contributed by atoms with Crippen molar-refractivity contribution in [2.24, 2.45) is 11.8 Å². The Bertz CT molecular complexity index is 657. The van der Waals surface area contributed by atoms with Gasteiger partial charge in [-0.25, -0.2) is 0 Å². The van der Waals surface area contributed by atoms with Gasteiger partial charge in [-0.05, 0) is 63.0 Å². The fraction of sp³-hybridized carbons (Fsp3) is 0.444. The average Bonchev–Trinajstić information content (AvgIpc) is 2.88. The van der Waals surface area contributed by atoms with E-state index in [2.05, 4.69) is 9.88 Å². The summed E-state index contributed by atoms with van der Waals surface area (Å²) in [4.78, 5) is 19.6. The minimum absolute atomic E-state index is 0.154. The van der Waals surface area contributed by atoms with Gasteiger partial charge in [0.15, 0.2) is 11.5 Å². The molecule has 0 saturated carbocycles. The van der Waals surface area contributed by atoms with E-state index in [4.69, 9.17) is 4.42 Å². The number of nitrogens with zero attached hydrogens (tertiary/aromatic N) is 2. The molecule has 0 spiro atoms. The van der Waals surface area contributed by atoms with Crippen molar-refractivity contribution in [1.82, 2.24) is 9.88 Å². The van der Waals surface area contributed by atoms with Crippen LogP contribution in [0.5, 0.6) is 0 Å². The number of hydrogen-bond donors (Lipinski definition) is 0.